The second kappa shape index (κ2) is 12.9. The van der Waals surface area contributed by atoms with E-state index in [0.717, 1.165) is 23.2 Å². The lowest BCUT2D eigenvalue weighted by atomic mass is 10.00. The van der Waals surface area contributed by atoms with Gasteiger partial charge in [-0.15, -0.1) is 0 Å². The van der Waals surface area contributed by atoms with Gasteiger partial charge in [0.15, 0.2) is 5.78 Å². The standard InChI is InChI=1S/C18H18O3.2C2H6.H2/c1-13-6-7-15(18(10-13)21-2)8-9-17(20)16-5-3-4-14(11-16)12-19;2*1-2;/h3-7,10-12H,8-9H2,1-2H3;2*1-2H3;1H. The smallest absolute Gasteiger partial charge is 0.163 e. The van der Waals surface area contributed by atoms with E-state index in [9.17, 15) is 9.59 Å². The van der Waals surface area contributed by atoms with Crippen molar-refractivity contribution in [3.8, 4) is 5.75 Å². The maximum Gasteiger partial charge on any atom is 0.163 e. The Morgan fingerprint density at radius 2 is 1.76 bits per heavy atom. The molecular formula is C22H32O3. The van der Waals surface area contributed by atoms with Gasteiger partial charge >= 0.3 is 0 Å². The summed E-state index contributed by atoms with van der Waals surface area (Å²) in [6.07, 6.45) is 1.76. The number of methoxy groups -OCH3 is 1. The van der Waals surface area contributed by atoms with Crippen LogP contribution in [-0.4, -0.2) is 19.2 Å². The molecule has 0 spiro atoms. The van der Waals surface area contributed by atoms with E-state index in [1.807, 2.05) is 52.8 Å². The quantitative estimate of drug-likeness (QED) is 0.482. The molecule has 0 radical (unpaired) electrons. The molecule has 0 unspecified atom stereocenters. The summed E-state index contributed by atoms with van der Waals surface area (Å²) in [6.45, 7) is 10.0. The van der Waals surface area contributed by atoms with Gasteiger partial charge in [0.2, 0.25) is 0 Å². The van der Waals surface area contributed by atoms with Crippen molar-refractivity contribution in [2.75, 3.05) is 7.11 Å². The van der Waals surface area contributed by atoms with Gasteiger partial charge in [-0.1, -0.05) is 58.0 Å². The second-order valence-electron chi connectivity index (χ2n) is 4.98. The van der Waals surface area contributed by atoms with Crippen LogP contribution in [0.4, 0.5) is 0 Å². The highest BCUT2D eigenvalue weighted by Gasteiger charge is 2.09. The van der Waals surface area contributed by atoms with Crippen molar-refractivity contribution in [1.29, 1.82) is 0 Å². The molecule has 0 aromatic heterocycles. The summed E-state index contributed by atoms with van der Waals surface area (Å²) in [6, 6.07) is 12.7. The second-order valence-corrected chi connectivity index (χ2v) is 4.98. The normalized spacial score (nSPS) is 9.04. The third kappa shape index (κ3) is 7.34. The summed E-state index contributed by atoms with van der Waals surface area (Å²) in [7, 11) is 1.63. The van der Waals surface area contributed by atoms with Crippen LogP contribution in [0.2, 0.25) is 0 Å². The number of carbonyl (C=O) groups excluding carboxylic acids is 2. The lowest BCUT2D eigenvalue weighted by Gasteiger charge is -2.09. The first-order valence-electron chi connectivity index (χ1n) is 8.86. The molecule has 3 heteroatoms. The molecule has 0 saturated carbocycles. The first kappa shape index (κ1) is 22.6. The van der Waals surface area contributed by atoms with E-state index in [-0.39, 0.29) is 7.21 Å². The lowest BCUT2D eigenvalue weighted by molar-refractivity contribution is 0.0982. The molecule has 2 aromatic rings. The Labute approximate surface area is 153 Å². The molecule has 2 rings (SSSR count). The van der Waals surface area contributed by atoms with Crippen molar-refractivity contribution < 1.29 is 15.8 Å². The summed E-state index contributed by atoms with van der Waals surface area (Å²) in [5, 5.41) is 0. The molecule has 0 saturated heterocycles. The van der Waals surface area contributed by atoms with Gasteiger partial charge in [0.25, 0.3) is 0 Å². The first-order valence-corrected chi connectivity index (χ1v) is 8.86. The zero-order valence-corrected chi connectivity index (χ0v) is 16.3. The summed E-state index contributed by atoms with van der Waals surface area (Å²) in [4.78, 5) is 22.9. The van der Waals surface area contributed by atoms with Crippen LogP contribution in [0.3, 0.4) is 0 Å². The summed E-state index contributed by atoms with van der Waals surface area (Å²) < 4.78 is 5.34. The molecule has 138 valence electrons. The SMILES string of the molecule is CC.CC.COc1cc(C)ccc1CCC(=O)c1cccc(C=O)c1.[HH]. The number of carbonyl (C=O) groups is 2. The Balaban J connectivity index is 0. The van der Waals surface area contributed by atoms with Gasteiger partial charge in [-0.3, -0.25) is 9.59 Å². The van der Waals surface area contributed by atoms with E-state index in [2.05, 4.69) is 0 Å². The van der Waals surface area contributed by atoms with E-state index >= 15 is 0 Å². The Morgan fingerprint density at radius 1 is 1.08 bits per heavy atom. The van der Waals surface area contributed by atoms with Crippen LogP contribution in [0, 0.1) is 6.92 Å². The van der Waals surface area contributed by atoms with Crippen LogP contribution >= 0.6 is 0 Å². The Kier molecular flexibility index (Phi) is 11.7. The number of hydrogen-bond donors (Lipinski definition) is 0. The van der Waals surface area contributed by atoms with Crippen LogP contribution in [0.15, 0.2) is 42.5 Å². The third-order valence-corrected chi connectivity index (χ3v) is 3.41. The molecule has 25 heavy (non-hydrogen) atoms. The van der Waals surface area contributed by atoms with E-state index in [4.69, 9.17) is 4.74 Å². The largest absolute Gasteiger partial charge is 0.496 e. The third-order valence-electron chi connectivity index (χ3n) is 3.41. The molecular weight excluding hydrogens is 312 g/mol. The van der Waals surface area contributed by atoms with E-state index < -0.39 is 0 Å². The minimum atomic E-state index is 0. The fraction of sp³-hybridized carbons (Fsp3) is 0.364. The Hall–Kier alpha value is -2.42. The number of hydrogen-bond acceptors (Lipinski definition) is 3. The molecule has 0 N–H and O–H groups in total. The molecule has 0 amide bonds. The van der Waals surface area contributed by atoms with Crippen molar-refractivity contribution >= 4 is 12.1 Å². The van der Waals surface area contributed by atoms with Crippen LogP contribution in [0.25, 0.3) is 0 Å². The summed E-state index contributed by atoms with van der Waals surface area (Å²) in [5.41, 5.74) is 3.24. The topological polar surface area (TPSA) is 43.4 Å². The average molecular weight is 344 g/mol. The molecule has 0 atom stereocenters. The van der Waals surface area contributed by atoms with Crippen LogP contribution in [-0.2, 0) is 6.42 Å². The van der Waals surface area contributed by atoms with Crippen molar-refractivity contribution in [2.45, 2.75) is 47.5 Å². The molecule has 0 fully saturated rings. The maximum absolute atomic E-state index is 12.2. The number of aldehydes is 1. The highest BCUT2D eigenvalue weighted by atomic mass is 16.5. The fourth-order valence-corrected chi connectivity index (χ4v) is 2.24. The van der Waals surface area contributed by atoms with Gasteiger partial charge in [-0.2, -0.15) is 0 Å². The lowest BCUT2D eigenvalue weighted by Crippen LogP contribution is -2.03. The minimum absolute atomic E-state index is 0. The number of Topliss-reactive ketones (excluding diaryl/α,β-unsaturated/α-hetero) is 1. The van der Waals surface area contributed by atoms with Crippen LogP contribution in [0.1, 0.15) is 67.4 Å². The number of benzene rings is 2. The zero-order chi connectivity index (χ0) is 19.2. The average Bonchev–Trinajstić information content (AvgIpc) is 2.69. The Morgan fingerprint density at radius 3 is 2.36 bits per heavy atom. The van der Waals surface area contributed by atoms with Gasteiger partial charge in [0.05, 0.1) is 7.11 Å². The minimum Gasteiger partial charge on any atom is -0.496 e. The summed E-state index contributed by atoms with van der Waals surface area (Å²) >= 11 is 0. The first-order chi connectivity index (χ1) is 12.1. The van der Waals surface area contributed by atoms with Gasteiger partial charge < -0.3 is 4.74 Å². The maximum atomic E-state index is 12.2. The predicted octanol–water partition coefficient (Wildman–Crippen LogP) is 5.93. The zero-order valence-electron chi connectivity index (χ0n) is 16.3. The van der Waals surface area contributed by atoms with Crippen molar-refractivity contribution in [3.05, 3.63) is 64.7 Å². The highest BCUT2D eigenvalue weighted by molar-refractivity contribution is 5.97. The monoisotopic (exact) mass is 344 g/mol. The van der Waals surface area contributed by atoms with Gasteiger partial charge in [-0.05, 0) is 36.6 Å². The van der Waals surface area contributed by atoms with E-state index in [1.54, 1.807) is 31.4 Å². The van der Waals surface area contributed by atoms with Gasteiger partial charge in [-0.25, -0.2) is 0 Å². The van der Waals surface area contributed by atoms with Gasteiger partial charge in [0, 0.05) is 19.0 Å². The Bertz CT molecular complexity index is 666. The van der Waals surface area contributed by atoms with Crippen molar-refractivity contribution in [3.63, 3.8) is 0 Å². The molecule has 0 aliphatic carbocycles. The fourth-order valence-electron chi connectivity index (χ4n) is 2.24. The van der Waals surface area contributed by atoms with Gasteiger partial charge in [0.1, 0.15) is 12.0 Å². The van der Waals surface area contributed by atoms with E-state index in [0.29, 0.717) is 24.0 Å². The highest BCUT2D eigenvalue weighted by Crippen LogP contribution is 2.22. The predicted molar refractivity (Wildman–Crippen MR) is 107 cm³/mol. The molecule has 0 bridgehead atoms. The molecule has 2 aromatic carbocycles. The number of ether oxygens (including phenoxy) is 1. The van der Waals surface area contributed by atoms with Crippen LogP contribution in [0.5, 0.6) is 5.75 Å². The number of aryl methyl sites for hydroxylation is 2. The van der Waals surface area contributed by atoms with Crippen molar-refractivity contribution in [1.82, 2.24) is 0 Å². The van der Waals surface area contributed by atoms with Crippen molar-refractivity contribution in [2.24, 2.45) is 0 Å². The molecule has 3 nitrogen and oxygen atoms in total. The van der Waals surface area contributed by atoms with Crippen LogP contribution < -0.4 is 4.74 Å². The molecule has 0 aliphatic heterocycles. The molecule has 0 aliphatic rings. The number of rotatable bonds is 6. The number of ketones is 1. The molecule has 0 heterocycles. The van der Waals surface area contributed by atoms with E-state index in [1.165, 1.54) is 0 Å². The summed E-state index contributed by atoms with van der Waals surface area (Å²) in [5.74, 6) is 0.839.